The first-order chi connectivity index (χ1) is 8.33. The summed E-state index contributed by atoms with van der Waals surface area (Å²) in [6, 6.07) is 8.30. The van der Waals surface area contributed by atoms with E-state index in [-0.39, 0.29) is 0 Å². The fourth-order valence-corrected chi connectivity index (χ4v) is 2.26. The number of methoxy groups -OCH3 is 1. The van der Waals surface area contributed by atoms with Crippen LogP contribution in [0.5, 0.6) is 5.75 Å². The molecule has 0 N–H and O–H groups in total. The van der Waals surface area contributed by atoms with Crippen molar-refractivity contribution >= 4 is 5.69 Å². The van der Waals surface area contributed by atoms with Gasteiger partial charge in [-0.1, -0.05) is 13.0 Å². The second kappa shape index (κ2) is 5.92. The molecule has 0 unspecified atom stereocenters. The van der Waals surface area contributed by atoms with Gasteiger partial charge in [0, 0.05) is 37.9 Å². The molecule has 0 aromatic heterocycles. The number of piperazine rings is 1. The Bertz CT molecular complexity index is 346. The van der Waals surface area contributed by atoms with Crippen molar-refractivity contribution in [1.29, 1.82) is 0 Å². The van der Waals surface area contributed by atoms with E-state index in [4.69, 9.17) is 4.74 Å². The van der Waals surface area contributed by atoms with Gasteiger partial charge in [0.2, 0.25) is 0 Å². The van der Waals surface area contributed by atoms with E-state index in [0.29, 0.717) is 0 Å². The van der Waals surface area contributed by atoms with Gasteiger partial charge in [0.05, 0.1) is 7.11 Å². The van der Waals surface area contributed by atoms with Gasteiger partial charge in [-0.15, -0.1) is 0 Å². The first kappa shape index (κ1) is 12.2. The monoisotopic (exact) mass is 233 g/mol. The second-order valence-corrected chi connectivity index (χ2v) is 4.38. The minimum atomic E-state index is 0.933. The van der Waals surface area contributed by atoms with Crippen LogP contribution < -0.4 is 9.64 Å². The first-order valence-corrected chi connectivity index (χ1v) is 6.24. The summed E-state index contributed by atoms with van der Waals surface area (Å²) in [6.07, 6.45) is 0.999. The molecular formula is C14H21N2O. The number of nitrogens with zero attached hydrogens (tertiary/aromatic N) is 2. The lowest BCUT2D eigenvalue weighted by Crippen LogP contribution is -2.46. The van der Waals surface area contributed by atoms with E-state index in [1.54, 1.807) is 7.11 Å². The molecule has 1 aromatic carbocycles. The molecule has 1 aliphatic heterocycles. The topological polar surface area (TPSA) is 15.7 Å². The molecule has 1 heterocycles. The van der Waals surface area contributed by atoms with E-state index in [0.717, 1.165) is 44.9 Å². The van der Waals surface area contributed by atoms with Crippen LogP contribution in [0.2, 0.25) is 0 Å². The second-order valence-electron chi connectivity index (χ2n) is 4.38. The van der Waals surface area contributed by atoms with Crippen LogP contribution in [-0.2, 0) is 0 Å². The maximum atomic E-state index is 5.26. The lowest BCUT2D eigenvalue weighted by Gasteiger charge is -2.36. The van der Waals surface area contributed by atoms with Crippen LogP contribution in [0.25, 0.3) is 0 Å². The van der Waals surface area contributed by atoms with Crippen LogP contribution in [-0.4, -0.2) is 44.7 Å². The van der Waals surface area contributed by atoms with Crippen molar-refractivity contribution in [2.45, 2.75) is 6.42 Å². The summed E-state index contributed by atoms with van der Waals surface area (Å²) < 4.78 is 5.26. The van der Waals surface area contributed by atoms with Crippen molar-refractivity contribution in [1.82, 2.24) is 4.90 Å². The minimum absolute atomic E-state index is 0.933. The molecule has 3 heteroatoms. The first-order valence-electron chi connectivity index (χ1n) is 6.24. The van der Waals surface area contributed by atoms with Crippen molar-refractivity contribution in [3.8, 4) is 5.75 Å². The fraction of sp³-hybridized carbons (Fsp3) is 0.500. The molecule has 1 saturated heterocycles. The third-order valence-corrected chi connectivity index (χ3v) is 3.27. The highest BCUT2D eigenvalue weighted by Gasteiger charge is 2.16. The maximum Gasteiger partial charge on any atom is 0.120 e. The summed E-state index contributed by atoms with van der Waals surface area (Å²) in [4.78, 5) is 4.89. The van der Waals surface area contributed by atoms with Gasteiger partial charge in [-0.25, -0.2) is 0 Å². The summed E-state index contributed by atoms with van der Waals surface area (Å²) in [7, 11) is 1.71. The third-order valence-electron chi connectivity index (χ3n) is 3.27. The average Bonchev–Trinajstić information content (AvgIpc) is 2.40. The lowest BCUT2D eigenvalue weighted by atomic mass is 10.2. The average molecular weight is 233 g/mol. The highest BCUT2D eigenvalue weighted by atomic mass is 16.5. The summed E-state index contributed by atoms with van der Waals surface area (Å²) >= 11 is 0. The molecule has 1 aromatic rings. The Kier molecular flexibility index (Phi) is 4.26. The molecule has 3 nitrogen and oxygen atoms in total. The normalized spacial score (nSPS) is 17.2. The Morgan fingerprint density at radius 1 is 1.24 bits per heavy atom. The molecule has 1 radical (unpaired) electrons. The molecule has 0 bridgehead atoms. The number of rotatable bonds is 4. The number of benzene rings is 1. The smallest absolute Gasteiger partial charge is 0.120 e. The van der Waals surface area contributed by atoms with Crippen molar-refractivity contribution in [3.63, 3.8) is 0 Å². The highest BCUT2D eigenvalue weighted by molar-refractivity contribution is 5.51. The van der Waals surface area contributed by atoms with Crippen LogP contribution in [0.1, 0.15) is 6.42 Å². The maximum absolute atomic E-state index is 5.26. The van der Waals surface area contributed by atoms with Crippen molar-refractivity contribution in [3.05, 3.63) is 31.2 Å². The molecule has 1 aliphatic rings. The molecular weight excluding hydrogens is 212 g/mol. The Morgan fingerprint density at radius 3 is 2.65 bits per heavy atom. The fourth-order valence-electron chi connectivity index (χ4n) is 2.26. The van der Waals surface area contributed by atoms with Crippen LogP contribution in [0, 0.1) is 6.92 Å². The quantitative estimate of drug-likeness (QED) is 0.791. The van der Waals surface area contributed by atoms with E-state index >= 15 is 0 Å². The third kappa shape index (κ3) is 3.13. The van der Waals surface area contributed by atoms with E-state index in [2.05, 4.69) is 34.9 Å². The van der Waals surface area contributed by atoms with Gasteiger partial charge in [-0.3, -0.25) is 4.90 Å². The Labute approximate surface area is 104 Å². The lowest BCUT2D eigenvalue weighted by molar-refractivity contribution is 0.262. The predicted molar refractivity (Wildman–Crippen MR) is 71.6 cm³/mol. The van der Waals surface area contributed by atoms with E-state index in [1.165, 1.54) is 5.69 Å². The molecule has 0 spiro atoms. The van der Waals surface area contributed by atoms with Crippen LogP contribution in [0.4, 0.5) is 5.69 Å². The molecule has 93 valence electrons. The Morgan fingerprint density at radius 2 is 2.00 bits per heavy atom. The number of ether oxygens (including phenoxy) is 1. The van der Waals surface area contributed by atoms with Gasteiger partial charge < -0.3 is 9.64 Å². The summed E-state index contributed by atoms with van der Waals surface area (Å²) in [5, 5.41) is 0. The van der Waals surface area contributed by atoms with Crippen LogP contribution >= 0.6 is 0 Å². The highest BCUT2D eigenvalue weighted by Crippen LogP contribution is 2.21. The zero-order valence-corrected chi connectivity index (χ0v) is 10.6. The zero-order valence-electron chi connectivity index (χ0n) is 10.6. The summed E-state index contributed by atoms with van der Waals surface area (Å²) in [5.74, 6) is 0.933. The van der Waals surface area contributed by atoms with Gasteiger partial charge in [0.15, 0.2) is 0 Å². The molecule has 0 aliphatic carbocycles. The van der Waals surface area contributed by atoms with Crippen molar-refractivity contribution in [2.24, 2.45) is 0 Å². The van der Waals surface area contributed by atoms with Gasteiger partial charge >= 0.3 is 0 Å². The molecule has 0 amide bonds. The molecule has 2 rings (SSSR count). The van der Waals surface area contributed by atoms with Crippen LogP contribution in [0.3, 0.4) is 0 Å². The molecule has 17 heavy (non-hydrogen) atoms. The SMILES string of the molecule is [CH2]CCN1CCN(c2cccc(OC)c2)CC1. The number of anilines is 1. The summed E-state index contributed by atoms with van der Waals surface area (Å²) in [5.41, 5.74) is 1.26. The van der Waals surface area contributed by atoms with Gasteiger partial charge in [0.1, 0.15) is 5.75 Å². The van der Waals surface area contributed by atoms with Gasteiger partial charge in [-0.05, 0) is 25.1 Å². The van der Waals surface area contributed by atoms with E-state index in [9.17, 15) is 0 Å². The molecule has 1 fully saturated rings. The Balaban J connectivity index is 1.95. The summed E-state index contributed by atoms with van der Waals surface area (Å²) in [6.45, 7) is 9.47. The van der Waals surface area contributed by atoms with Crippen molar-refractivity contribution in [2.75, 3.05) is 44.7 Å². The number of hydrogen-bond donors (Lipinski definition) is 0. The molecule has 0 saturated carbocycles. The van der Waals surface area contributed by atoms with Gasteiger partial charge in [0.25, 0.3) is 0 Å². The Hall–Kier alpha value is -1.22. The molecule has 0 atom stereocenters. The minimum Gasteiger partial charge on any atom is -0.497 e. The van der Waals surface area contributed by atoms with E-state index in [1.807, 2.05) is 6.07 Å². The number of hydrogen-bond acceptors (Lipinski definition) is 3. The van der Waals surface area contributed by atoms with E-state index < -0.39 is 0 Å². The van der Waals surface area contributed by atoms with Crippen molar-refractivity contribution < 1.29 is 4.74 Å². The largest absolute Gasteiger partial charge is 0.497 e. The standard InChI is InChI=1S/C14H21N2O/c1-3-7-15-8-10-16(11-9-15)13-5-4-6-14(12-13)17-2/h4-6,12H,1,3,7-11H2,2H3. The predicted octanol–water partition coefficient (Wildman–Crippen LogP) is 2.04. The van der Waals surface area contributed by atoms with Crippen LogP contribution in [0.15, 0.2) is 24.3 Å². The zero-order chi connectivity index (χ0) is 12.1. The van der Waals surface area contributed by atoms with Gasteiger partial charge in [-0.2, -0.15) is 0 Å².